The van der Waals surface area contributed by atoms with Crippen LogP contribution in [0.2, 0.25) is 10.0 Å². The first-order chi connectivity index (χ1) is 14.4. The highest BCUT2D eigenvalue weighted by Gasteiger charge is 2.27. The van der Waals surface area contributed by atoms with E-state index in [1.165, 1.54) is 0 Å². The van der Waals surface area contributed by atoms with Crippen LogP contribution in [-0.2, 0) is 4.79 Å². The quantitative estimate of drug-likeness (QED) is 0.469. The zero-order chi connectivity index (χ0) is 21.3. The van der Waals surface area contributed by atoms with Crippen LogP contribution in [0.25, 0.3) is 5.69 Å². The summed E-state index contributed by atoms with van der Waals surface area (Å²) < 4.78 is 13.3. The fourth-order valence-corrected chi connectivity index (χ4v) is 3.83. The molecule has 4 rings (SSSR count). The van der Waals surface area contributed by atoms with Crippen molar-refractivity contribution in [2.75, 3.05) is 6.61 Å². The Bertz CT molecular complexity index is 1140. The molecule has 0 saturated heterocycles. The third-order valence-corrected chi connectivity index (χ3v) is 5.34. The molecule has 0 aliphatic carbocycles. The van der Waals surface area contributed by atoms with Crippen LogP contribution >= 0.6 is 23.2 Å². The minimum Gasteiger partial charge on any atom is -0.485 e. The molecule has 0 radical (unpaired) electrons. The molecule has 3 aromatic rings. The van der Waals surface area contributed by atoms with Crippen molar-refractivity contribution < 1.29 is 14.3 Å². The van der Waals surface area contributed by atoms with Crippen molar-refractivity contribution in [3.63, 3.8) is 0 Å². The Morgan fingerprint density at radius 3 is 2.70 bits per heavy atom. The van der Waals surface area contributed by atoms with Crippen LogP contribution in [0.3, 0.4) is 0 Å². The van der Waals surface area contributed by atoms with Crippen molar-refractivity contribution in [3.8, 4) is 17.2 Å². The maximum absolute atomic E-state index is 12.4. The fourth-order valence-electron chi connectivity index (χ4n) is 3.34. The number of benzene rings is 2. The second-order valence-electron chi connectivity index (χ2n) is 6.86. The van der Waals surface area contributed by atoms with Gasteiger partial charge in [-0.3, -0.25) is 4.79 Å². The molecule has 30 heavy (non-hydrogen) atoms. The highest BCUT2D eigenvalue weighted by molar-refractivity contribution is 6.35. The molecule has 2 aromatic carbocycles. The molecular weight excluding hydrogens is 425 g/mol. The van der Waals surface area contributed by atoms with Crippen molar-refractivity contribution in [2.45, 2.75) is 20.0 Å². The summed E-state index contributed by atoms with van der Waals surface area (Å²) in [5.74, 6) is 0.782. The fraction of sp³-hybridized carbons (Fsp3) is 0.182. The highest BCUT2D eigenvalue weighted by Crippen LogP contribution is 2.31. The average molecular weight is 444 g/mol. The average Bonchev–Trinajstić information content (AvgIpc) is 3.01. The van der Waals surface area contributed by atoms with Gasteiger partial charge in [0.05, 0.1) is 16.9 Å². The topological polar surface area (TPSA) is 64.8 Å². The number of hydrogen-bond acceptors (Lipinski definition) is 4. The lowest BCUT2D eigenvalue weighted by atomic mass is 10.2. The van der Waals surface area contributed by atoms with Gasteiger partial charge in [0.15, 0.2) is 11.5 Å². The molecule has 1 atom stereocenters. The van der Waals surface area contributed by atoms with Crippen molar-refractivity contribution in [1.82, 2.24) is 9.99 Å². The molecule has 1 aromatic heterocycles. The first kappa shape index (κ1) is 20.3. The van der Waals surface area contributed by atoms with Gasteiger partial charge in [-0.15, -0.1) is 0 Å². The Morgan fingerprint density at radius 1 is 1.17 bits per heavy atom. The van der Waals surface area contributed by atoms with E-state index in [2.05, 4.69) is 10.5 Å². The standard InChI is InChI=1S/C22H19Cl2N3O3/c1-13-9-15(14(2)27(13)18-8-7-16(23)10-17(18)24)11-25-26-22(28)21-12-29-19-5-3-4-6-20(19)30-21/h3-11,21H,12H2,1-2H3,(H,26,28)/b25-11+. The molecule has 2 heterocycles. The molecule has 8 heteroatoms. The number of hydrogen-bond donors (Lipinski definition) is 1. The molecule has 6 nitrogen and oxygen atoms in total. The molecular formula is C22H19Cl2N3O3. The summed E-state index contributed by atoms with van der Waals surface area (Å²) in [6.07, 6.45) is 0.829. The Labute approximate surface area is 184 Å². The minimum atomic E-state index is -0.766. The van der Waals surface area contributed by atoms with Crippen LogP contribution in [0.1, 0.15) is 17.0 Å². The van der Waals surface area contributed by atoms with Crippen LogP contribution in [0, 0.1) is 13.8 Å². The van der Waals surface area contributed by atoms with Gasteiger partial charge in [-0.2, -0.15) is 5.10 Å². The van der Waals surface area contributed by atoms with E-state index in [-0.39, 0.29) is 12.5 Å². The third-order valence-electron chi connectivity index (χ3n) is 4.80. The minimum absolute atomic E-state index is 0.127. The van der Waals surface area contributed by atoms with E-state index in [1.807, 2.05) is 42.7 Å². The first-order valence-corrected chi connectivity index (χ1v) is 10.1. The molecule has 1 amide bonds. The number of ether oxygens (including phenoxy) is 2. The van der Waals surface area contributed by atoms with Gasteiger partial charge >= 0.3 is 0 Å². The van der Waals surface area contributed by atoms with Crippen LogP contribution < -0.4 is 14.9 Å². The van der Waals surface area contributed by atoms with Crippen molar-refractivity contribution in [3.05, 3.63) is 75.5 Å². The number of carbonyl (C=O) groups is 1. The van der Waals surface area contributed by atoms with Gasteiger partial charge in [-0.25, -0.2) is 5.43 Å². The SMILES string of the molecule is Cc1cc(/C=N/NC(=O)C2COc3ccccc3O2)c(C)n1-c1ccc(Cl)cc1Cl. The van der Waals surface area contributed by atoms with E-state index < -0.39 is 6.10 Å². The molecule has 0 fully saturated rings. The smallest absolute Gasteiger partial charge is 0.284 e. The van der Waals surface area contributed by atoms with Crippen LogP contribution in [0.15, 0.2) is 53.6 Å². The first-order valence-electron chi connectivity index (χ1n) is 9.30. The number of aryl methyl sites for hydroxylation is 1. The van der Waals surface area contributed by atoms with Gasteiger partial charge in [0, 0.05) is 22.0 Å². The van der Waals surface area contributed by atoms with Gasteiger partial charge < -0.3 is 14.0 Å². The number of nitrogens with zero attached hydrogens (tertiary/aromatic N) is 2. The normalized spacial score (nSPS) is 15.4. The lowest BCUT2D eigenvalue weighted by Gasteiger charge is -2.24. The summed E-state index contributed by atoms with van der Waals surface area (Å²) >= 11 is 12.4. The molecule has 1 N–H and O–H groups in total. The highest BCUT2D eigenvalue weighted by atomic mass is 35.5. The van der Waals surface area contributed by atoms with Gasteiger partial charge in [0.2, 0.25) is 6.10 Å². The maximum atomic E-state index is 12.4. The number of rotatable bonds is 4. The van der Waals surface area contributed by atoms with Crippen molar-refractivity contribution >= 4 is 35.3 Å². The predicted molar refractivity (Wildman–Crippen MR) is 117 cm³/mol. The number of halogens is 2. The van der Waals surface area contributed by atoms with E-state index in [1.54, 1.807) is 30.5 Å². The number of fused-ring (bicyclic) bond motifs is 1. The summed E-state index contributed by atoms with van der Waals surface area (Å²) in [6.45, 7) is 4.05. The number of carbonyl (C=O) groups excluding carboxylic acids is 1. The zero-order valence-electron chi connectivity index (χ0n) is 16.4. The van der Waals surface area contributed by atoms with Crippen molar-refractivity contribution in [1.29, 1.82) is 0 Å². The molecule has 1 aliphatic heterocycles. The summed E-state index contributed by atoms with van der Waals surface area (Å²) in [5, 5.41) is 5.22. The zero-order valence-corrected chi connectivity index (χ0v) is 17.9. The third kappa shape index (κ3) is 4.01. The van der Waals surface area contributed by atoms with Crippen LogP contribution in [-0.4, -0.2) is 29.4 Å². The lowest BCUT2D eigenvalue weighted by Crippen LogP contribution is -2.42. The van der Waals surface area contributed by atoms with Crippen molar-refractivity contribution in [2.24, 2.45) is 5.10 Å². The summed E-state index contributed by atoms with van der Waals surface area (Å²) in [4.78, 5) is 12.4. The molecule has 1 unspecified atom stereocenters. The lowest BCUT2D eigenvalue weighted by molar-refractivity contribution is -0.130. The second-order valence-corrected chi connectivity index (χ2v) is 7.70. The Hall–Kier alpha value is -2.96. The Kier molecular flexibility index (Phi) is 5.70. The number of hydrazone groups is 1. The van der Waals surface area contributed by atoms with Crippen LogP contribution in [0.4, 0.5) is 0 Å². The number of nitrogens with one attached hydrogen (secondary N) is 1. The Balaban J connectivity index is 1.47. The van der Waals surface area contributed by atoms with E-state index in [4.69, 9.17) is 32.7 Å². The molecule has 1 aliphatic rings. The summed E-state index contributed by atoms with van der Waals surface area (Å²) in [7, 11) is 0. The Morgan fingerprint density at radius 2 is 1.93 bits per heavy atom. The van der Waals surface area contributed by atoms with Gasteiger partial charge in [-0.1, -0.05) is 35.3 Å². The van der Waals surface area contributed by atoms with E-state index in [0.29, 0.717) is 21.5 Å². The van der Waals surface area contributed by atoms with E-state index >= 15 is 0 Å². The maximum Gasteiger partial charge on any atom is 0.284 e. The monoisotopic (exact) mass is 443 g/mol. The largest absolute Gasteiger partial charge is 0.485 e. The number of amides is 1. The number of aromatic nitrogens is 1. The number of para-hydroxylation sites is 2. The summed E-state index contributed by atoms with van der Waals surface area (Å²) in [5.41, 5.74) is 6.10. The molecule has 154 valence electrons. The van der Waals surface area contributed by atoms with E-state index in [9.17, 15) is 4.79 Å². The summed E-state index contributed by atoms with van der Waals surface area (Å²) in [6, 6.07) is 14.6. The van der Waals surface area contributed by atoms with Crippen LogP contribution in [0.5, 0.6) is 11.5 Å². The molecule has 0 spiro atoms. The second kappa shape index (κ2) is 8.42. The van der Waals surface area contributed by atoms with Gasteiger partial charge in [-0.05, 0) is 50.2 Å². The van der Waals surface area contributed by atoms with Gasteiger partial charge in [0.1, 0.15) is 6.61 Å². The van der Waals surface area contributed by atoms with E-state index in [0.717, 1.165) is 22.6 Å². The molecule has 0 bridgehead atoms. The predicted octanol–water partition coefficient (Wildman–Crippen LogP) is 4.69. The van der Waals surface area contributed by atoms with Gasteiger partial charge in [0.25, 0.3) is 5.91 Å². The molecule has 0 saturated carbocycles.